The summed E-state index contributed by atoms with van der Waals surface area (Å²) in [5, 5.41) is 0. The Morgan fingerprint density at radius 2 is 1.80 bits per heavy atom. The van der Waals surface area contributed by atoms with Crippen LogP contribution in [-0.4, -0.2) is 13.8 Å². The van der Waals surface area contributed by atoms with Crippen LogP contribution in [0.25, 0.3) is 0 Å². The lowest BCUT2D eigenvalue weighted by atomic mass is 10.3. The second kappa shape index (κ2) is 5.33. The highest BCUT2D eigenvalue weighted by Crippen LogP contribution is 2.16. The fourth-order valence-electron chi connectivity index (χ4n) is 1.52. The number of anilines is 1. The van der Waals surface area contributed by atoms with Gasteiger partial charge in [0, 0.05) is 0 Å². The van der Waals surface area contributed by atoms with Gasteiger partial charge in [-0.15, -0.1) is 0 Å². The van der Waals surface area contributed by atoms with Crippen LogP contribution < -0.4 is 5.48 Å². The van der Waals surface area contributed by atoms with Gasteiger partial charge in [0.05, 0.1) is 19.5 Å². The van der Waals surface area contributed by atoms with E-state index in [9.17, 15) is 0 Å². The third-order valence-corrected chi connectivity index (χ3v) is 4.89. The molecule has 0 saturated heterocycles. The zero-order valence-electron chi connectivity index (χ0n) is 10.1. The lowest BCUT2D eigenvalue weighted by Crippen LogP contribution is -2.41. The Morgan fingerprint density at radius 1 is 1.20 bits per heavy atom. The monoisotopic (exact) mass is 223 g/mol. The molecule has 0 radical (unpaired) electrons. The second-order valence-electron chi connectivity index (χ2n) is 4.85. The van der Waals surface area contributed by atoms with Crippen LogP contribution in [0, 0.1) is 0 Å². The van der Waals surface area contributed by atoms with Gasteiger partial charge in [0.2, 0.25) is 0 Å². The van der Waals surface area contributed by atoms with Gasteiger partial charge in [-0.3, -0.25) is 10.3 Å². The molecule has 1 aromatic rings. The Balaban J connectivity index is 2.49. The maximum Gasteiger partial charge on any atom is 0.0819 e. The van der Waals surface area contributed by atoms with Crippen LogP contribution in [0.4, 0.5) is 5.69 Å². The molecule has 1 rings (SSSR count). The summed E-state index contributed by atoms with van der Waals surface area (Å²) in [5.41, 5.74) is 4.42. The van der Waals surface area contributed by atoms with E-state index in [4.69, 9.17) is 4.84 Å². The third kappa shape index (κ3) is 4.06. The Hall–Kier alpha value is -0.803. The van der Waals surface area contributed by atoms with Crippen LogP contribution >= 0.6 is 0 Å². The topological polar surface area (TPSA) is 21.3 Å². The largest absolute Gasteiger partial charge is 0.276 e. The van der Waals surface area contributed by atoms with Crippen molar-refractivity contribution in [2.75, 3.05) is 5.48 Å². The van der Waals surface area contributed by atoms with Crippen molar-refractivity contribution in [2.45, 2.75) is 38.7 Å². The molecular weight excluding hydrogens is 202 g/mol. The summed E-state index contributed by atoms with van der Waals surface area (Å²) >= 11 is 0. The average Bonchev–Trinajstić information content (AvgIpc) is 2.18. The first-order valence-corrected chi connectivity index (χ1v) is 9.08. The van der Waals surface area contributed by atoms with E-state index in [1.54, 1.807) is 0 Å². The standard InChI is InChI=1S/C12H21NOSi/c1-5-12(15(2,3)4)14-13-11-9-7-6-8-10-11/h6-10,12-13H,5H2,1-4H3. The molecule has 1 atom stereocenters. The molecule has 2 nitrogen and oxygen atoms in total. The predicted molar refractivity (Wildman–Crippen MR) is 68.6 cm³/mol. The normalized spacial score (nSPS) is 13.6. The average molecular weight is 223 g/mol. The summed E-state index contributed by atoms with van der Waals surface area (Å²) in [5.74, 6) is 0. The predicted octanol–water partition coefficient (Wildman–Crippen LogP) is 3.69. The van der Waals surface area contributed by atoms with Crippen molar-refractivity contribution in [3.63, 3.8) is 0 Å². The SMILES string of the molecule is CCC(ONc1ccccc1)[Si](C)(C)C. The van der Waals surface area contributed by atoms with Gasteiger partial charge >= 0.3 is 0 Å². The van der Waals surface area contributed by atoms with Crippen molar-refractivity contribution in [3.05, 3.63) is 30.3 Å². The Labute approximate surface area is 93.6 Å². The summed E-state index contributed by atoms with van der Waals surface area (Å²) in [4.78, 5) is 5.75. The maximum absolute atomic E-state index is 5.75. The van der Waals surface area contributed by atoms with Gasteiger partial charge in [-0.2, -0.15) is 0 Å². The molecule has 0 aromatic heterocycles. The molecule has 0 amide bonds. The highest BCUT2D eigenvalue weighted by Gasteiger charge is 2.26. The van der Waals surface area contributed by atoms with Crippen molar-refractivity contribution in [3.8, 4) is 0 Å². The minimum absolute atomic E-state index is 0.359. The lowest BCUT2D eigenvalue weighted by Gasteiger charge is -2.27. The molecule has 0 heterocycles. The molecule has 0 bridgehead atoms. The van der Waals surface area contributed by atoms with Crippen LogP contribution in [0.1, 0.15) is 13.3 Å². The van der Waals surface area contributed by atoms with E-state index in [-0.39, 0.29) is 0 Å². The number of rotatable bonds is 5. The first-order chi connectivity index (χ1) is 7.04. The first kappa shape index (κ1) is 12.3. The van der Waals surface area contributed by atoms with Crippen molar-refractivity contribution >= 4 is 13.8 Å². The highest BCUT2D eigenvalue weighted by atomic mass is 28.3. The zero-order valence-corrected chi connectivity index (χ0v) is 11.1. The van der Waals surface area contributed by atoms with Crippen molar-refractivity contribution < 1.29 is 4.84 Å². The number of benzene rings is 1. The van der Waals surface area contributed by atoms with Gasteiger partial charge in [-0.1, -0.05) is 44.8 Å². The molecule has 1 aromatic carbocycles. The first-order valence-electron chi connectivity index (χ1n) is 5.50. The van der Waals surface area contributed by atoms with E-state index in [0.29, 0.717) is 5.73 Å². The summed E-state index contributed by atoms with van der Waals surface area (Å²) in [6.45, 7) is 9.16. The summed E-state index contributed by atoms with van der Waals surface area (Å²) < 4.78 is 0. The fourth-order valence-corrected chi connectivity index (χ4v) is 3.16. The van der Waals surface area contributed by atoms with Crippen molar-refractivity contribution in [1.82, 2.24) is 0 Å². The van der Waals surface area contributed by atoms with E-state index in [0.717, 1.165) is 12.1 Å². The molecule has 84 valence electrons. The van der Waals surface area contributed by atoms with E-state index in [1.807, 2.05) is 30.3 Å². The van der Waals surface area contributed by atoms with Gasteiger partial charge in [-0.05, 0) is 18.6 Å². The van der Waals surface area contributed by atoms with Crippen LogP contribution in [0.3, 0.4) is 0 Å². The lowest BCUT2D eigenvalue weighted by molar-refractivity contribution is 0.151. The number of nitrogens with one attached hydrogen (secondary N) is 1. The molecule has 0 aliphatic carbocycles. The minimum atomic E-state index is -1.23. The summed E-state index contributed by atoms with van der Waals surface area (Å²) in [6.07, 6.45) is 1.07. The molecule has 15 heavy (non-hydrogen) atoms. The maximum atomic E-state index is 5.75. The smallest absolute Gasteiger partial charge is 0.0819 e. The van der Waals surface area contributed by atoms with Crippen LogP contribution in [-0.2, 0) is 4.84 Å². The molecular formula is C12H21NOSi. The van der Waals surface area contributed by atoms with Crippen molar-refractivity contribution in [1.29, 1.82) is 0 Å². The number of para-hydroxylation sites is 1. The zero-order chi connectivity index (χ0) is 11.3. The Bertz CT molecular complexity index is 281. The molecule has 0 saturated carbocycles. The highest BCUT2D eigenvalue weighted by molar-refractivity contribution is 6.77. The molecule has 1 N–H and O–H groups in total. The molecule has 0 aliphatic rings. The van der Waals surface area contributed by atoms with Gasteiger partial charge in [-0.25, -0.2) is 0 Å². The van der Waals surface area contributed by atoms with E-state index < -0.39 is 8.07 Å². The quantitative estimate of drug-likeness (QED) is 0.607. The molecule has 0 aliphatic heterocycles. The fraction of sp³-hybridized carbons (Fsp3) is 0.500. The van der Waals surface area contributed by atoms with Crippen molar-refractivity contribution in [2.24, 2.45) is 0 Å². The molecule has 3 heteroatoms. The van der Waals surface area contributed by atoms with Crippen LogP contribution in [0.2, 0.25) is 19.6 Å². The van der Waals surface area contributed by atoms with Crippen LogP contribution in [0.5, 0.6) is 0 Å². The number of hydrogen-bond acceptors (Lipinski definition) is 2. The number of hydrogen-bond donors (Lipinski definition) is 1. The van der Waals surface area contributed by atoms with Gasteiger partial charge in [0.25, 0.3) is 0 Å². The Kier molecular flexibility index (Phi) is 4.36. The van der Waals surface area contributed by atoms with E-state index >= 15 is 0 Å². The van der Waals surface area contributed by atoms with E-state index in [1.165, 1.54) is 0 Å². The van der Waals surface area contributed by atoms with Gasteiger partial charge in [0.15, 0.2) is 0 Å². The molecule has 0 spiro atoms. The third-order valence-electron chi connectivity index (χ3n) is 2.43. The molecule has 0 fully saturated rings. The summed E-state index contributed by atoms with van der Waals surface area (Å²) in [7, 11) is -1.23. The summed E-state index contributed by atoms with van der Waals surface area (Å²) in [6, 6.07) is 10.0. The Morgan fingerprint density at radius 3 is 2.27 bits per heavy atom. The van der Waals surface area contributed by atoms with Gasteiger partial charge < -0.3 is 0 Å². The molecule has 1 unspecified atom stereocenters. The van der Waals surface area contributed by atoms with Crippen LogP contribution in [0.15, 0.2) is 30.3 Å². The second-order valence-corrected chi connectivity index (χ2v) is 10.2. The van der Waals surface area contributed by atoms with E-state index in [2.05, 4.69) is 32.0 Å². The minimum Gasteiger partial charge on any atom is -0.276 e. The van der Waals surface area contributed by atoms with Gasteiger partial charge in [0.1, 0.15) is 0 Å².